The number of hydrogen-bond donors (Lipinski definition) is 2. The summed E-state index contributed by atoms with van der Waals surface area (Å²) in [4.78, 5) is 49.9. The average Bonchev–Trinajstić information content (AvgIpc) is 2.94. The molecule has 3 aromatic rings. The monoisotopic (exact) mass is 565 g/mol. The van der Waals surface area contributed by atoms with Gasteiger partial charge in [0.1, 0.15) is 5.75 Å². The van der Waals surface area contributed by atoms with E-state index in [1.807, 2.05) is 12.1 Å². The number of Topliss-reactive ketones (excluding diaryl/α,β-unsaturated/α-hetero) is 1. The van der Waals surface area contributed by atoms with Gasteiger partial charge >= 0.3 is 12.3 Å². The number of benzene rings is 3. The lowest BCUT2D eigenvalue weighted by Gasteiger charge is -2.17. The number of carbonyl (C=O) groups excluding carboxylic acids is 3. The molecule has 1 aliphatic rings. The summed E-state index contributed by atoms with van der Waals surface area (Å²) in [5.74, 6) is -3.33. The summed E-state index contributed by atoms with van der Waals surface area (Å²) < 4.78 is 42.0. The van der Waals surface area contributed by atoms with Crippen LogP contribution in [0, 0.1) is 0 Å². The largest absolute Gasteiger partial charge is 0.573 e. The molecule has 7 nitrogen and oxygen atoms in total. The Labute approximate surface area is 233 Å². The Morgan fingerprint density at radius 1 is 0.829 bits per heavy atom. The van der Waals surface area contributed by atoms with Crippen molar-refractivity contribution in [3.05, 3.63) is 106 Å². The van der Waals surface area contributed by atoms with Gasteiger partial charge in [-0.2, -0.15) is 0 Å². The van der Waals surface area contributed by atoms with Gasteiger partial charge in [-0.25, -0.2) is 0 Å². The number of amides is 1. The third-order valence-electron chi connectivity index (χ3n) is 6.57. The average molecular weight is 566 g/mol. The SMILES string of the molecule is O=C(O)CCNC(=O)c1ccc(C(=O)/C(=C\C(=O)c2cccc(OC(F)(F)F)c2)c2ccc3c(c2)CCCC3)cc1. The van der Waals surface area contributed by atoms with E-state index >= 15 is 0 Å². The molecule has 0 heterocycles. The fourth-order valence-corrected chi connectivity index (χ4v) is 4.56. The molecule has 0 radical (unpaired) electrons. The molecular weight excluding hydrogens is 539 g/mol. The van der Waals surface area contributed by atoms with E-state index in [0.29, 0.717) is 5.56 Å². The van der Waals surface area contributed by atoms with Crippen molar-refractivity contribution >= 4 is 29.0 Å². The Balaban J connectivity index is 1.66. The lowest BCUT2D eigenvalue weighted by Crippen LogP contribution is -2.26. The first-order valence-corrected chi connectivity index (χ1v) is 12.9. The molecule has 0 atom stereocenters. The van der Waals surface area contributed by atoms with E-state index in [-0.39, 0.29) is 35.2 Å². The van der Waals surface area contributed by atoms with Crippen LogP contribution < -0.4 is 10.1 Å². The second-order valence-corrected chi connectivity index (χ2v) is 9.49. The molecule has 1 amide bonds. The quantitative estimate of drug-likeness (QED) is 0.237. The highest BCUT2D eigenvalue weighted by atomic mass is 19.4. The number of fused-ring (bicyclic) bond motifs is 1. The molecule has 0 saturated carbocycles. The summed E-state index contributed by atoms with van der Waals surface area (Å²) in [6, 6.07) is 15.8. The fraction of sp³-hybridized carbons (Fsp3) is 0.226. The van der Waals surface area contributed by atoms with Crippen LogP contribution in [0.3, 0.4) is 0 Å². The molecule has 0 fully saturated rings. The van der Waals surface area contributed by atoms with E-state index < -0.39 is 35.6 Å². The number of aryl methyl sites for hydroxylation is 2. The molecule has 0 aliphatic heterocycles. The van der Waals surface area contributed by atoms with Crippen LogP contribution in [0.5, 0.6) is 5.75 Å². The Kier molecular flexibility index (Phi) is 9.01. The van der Waals surface area contributed by atoms with Crippen LogP contribution in [0.25, 0.3) is 5.57 Å². The van der Waals surface area contributed by atoms with Gasteiger partial charge in [0.25, 0.3) is 5.91 Å². The molecular formula is C31H26F3NO6. The summed E-state index contributed by atoms with van der Waals surface area (Å²) in [7, 11) is 0. The maximum absolute atomic E-state index is 13.7. The zero-order valence-electron chi connectivity index (χ0n) is 21.8. The van der Waals surface area contributed by atoms with Gasteiger partial charge in [-0.3, -0.25) is 19.2 Å². The smallest absolute Gasteiger partial charge is 0.481 e. The van der Waals surface area contributed by atoms with Crippen molar-refractivity contribution in [3.63, 3.8) is 0 Å². The minimum atomic E-state index is -4.93. The van der Waals surface area contributed by atoms with Crippen LogP contribution in [0.1, 0.15) is 67.0 Å². The second kappa shape index (κ2) is 12.6. The van der Waals surface area contributed by atoms with Crippen molar-refractivity contribution in [2.24, 2.45) is 0 Å². The zero-order valence-corrected chi connectivity index (χ0v) is 21.8. The molecule has 0 unspecified atom stereocenters. The fourth-order valence-electron chi connectivity index (χ4n) is 4.56. The van der Waals surface area contributed by atoms with E-state index in [9.17, 15) is 32.3 Å². The Hall–Kier alpha value is -4.73. The third kappa shape index (κ3) is 7.91. The van der Waals surface area contributed by atoms with Crippen molar-refractivity contribution in [2.45, 2.75) is 38.5 Å². The van der Waals surface area contributed by atoms with E-state index in [4.69, 9.17) is 5.11 Å². The predicted octanol–water partition coefficient (Wildman–Crippen LogP) is 5.82. The van der Waals surface area contributed by atoms with Crippen LogP contribution in [-0.2, 0) is 17.6 Å². The van der Waals surface area contributed by atoms with Crippen LogP contribution in [0.2, 0.25) is 0 Å². The van der Waals surface area contributed by atoms with Gasteiger partial charge in [-0.05, 0) is 72.7 Å². The third-order valence-corrected chi connectivity index (χ3v) is 6.57. The first kappa shape index (κ1) is 29.3. The number of alkyl halides is 3. The van der Waals surface area contributed by atoms with Crippen LogP contribution in [-0.4, -0.2) is 41.5 Å². The molecule has 0 aromatic heterocycles. The molecule has 41 heavy (non-hydrogen) atoms. The molecule has 1 aliphatic carbocycles. The van der Waals surface area contributed by atoms with Gasteiger partial charge in [-0.1, -0.05) is 42.5 Å². The van der Waals surface area contributed by atoms with Crippen molar-refractivity contribution in [3.8, 4) is 5.75 Å². The van der Waals surface area contributed by atoms with Crippen molar-refractivity contribution in [1.82, 2.24) is 5.32 Å². The van der Waals surface area contributed by atoms with Gasteiger partial charge in [0, 0.05) is 28.8 Å². The minimum absolute atomic E-state index is 0.0455. The number of carbonyl (C=O) groups is 4. The van der Waals surface area contributed by atoms with Gasteiger partial charge in [0.15, 0.2) is 11.6 Å². The molecule has 4 rings (SSSR count). The number of hydrogen-bond acceptors (Lipinski definition) is 5. The highest BCUT2D eigenvalue weighted by Crippen LogP contribution is 2.29. The van der Waals surface area contributed by atoms with E-state index in [2.05, 4.69) is 10.1 Å². The summed E-state index contributed by atoms with van der Waals surface area (Å²) in [6.07, 6.45) is -0.294. The standard InChI is InChI=1S/C31H26F3NO6/c32-31(33,34)41-25-7-3-6-24(17-25)27(36)18-26(23-13-8-19-4-1-2-5-22(19)16-23)29(39)20-9-11-21(12-10-20)30(40)35-15-14-28(37)38/h3,6-13,16-18H,1-2,4-5,14-15H2,(H,35,40)(H,37,38)/b26-18-. The van der Waals surface area contributed by atoms with Gasteiger partial charge in [0.2, 0.25) is 0 Å². The number of ether oxygens (including phenoxy) is 1. The molecule has 2 N–H and O–H groups in total. The number of carboxylic acids is 1. The molecule has 0 saturated heterocycles. The lowest BCUT2D eigenvalue weighted by atomic mass is 9.87. The number of nitrogens with one attached hydrogen (secondary N) is 1. The van der Waals surface area contributed by atoms with Gasteiger partial charge in [0.05, 0.1) is 6.42 Å². The minimum Gasteiger partial charge on any atom is -0.481 e. The van der Waals surface area contributed by atoms with Crippen LogP contribution in [0.15, 0.2) is 72.8 Å². The second-order valence-electron chi connectivity index (χ2n) is 9.49. The lowest BCUT2D eigenvalue weighted by molar-refractivity contribution is -0.274. The Morgan fingerprint density at radius 2 is 1.49 bits per heavy atom. The van der Waals surface area contributed by atoms with Crippen LogP contribution >= 0.6 is 0 Å². The first-order chi connectivity index (χ1) is 19.5. The number of allylic oxidation sites excluding steroid dienone is 2. The number of rotatable bonds is 10. The van der Waals surface area contributed by atoms with E-state index in [0.717, 1.165) is 55.0 Å². The molecule has 10 heteroatoms. The maximum Gasteiger partial charge on any atom is 0.573 e. The number of ketones is 2. The summed E-state index contributed by atoms with van der Waals surface area (Å²) in [5, 5.41) is 11.2. The van der Waals surface area contributed by atoms with Gasteiger partial charge < -0.3 is 15.2 Å². The van der Waals surface area contributed by atoms with E-state index in [1.54, 1.807) is 6.07 Å². The van der Waals surface area contributed by atoms with Gasteiger partial charge in [-0.15, -0.1) is 13.2 Å². The summed E-state index contributed by atoms with van der Waals surface area (Å²) in [6.45, 7) is -0.0581. The highest BCUT2D eigenvalue weighted by Gasteiger charge is 2.31. The number of aliphatic carboxylic acids is 1. The number of halogens is 3. The summed E-state index contributed by atoms with van der Waals surface area (Å²) in [5.41, 5.74) is 3.05. The molecule has 212 valence electrons. The normalized spacial score (nSPS) is 13.2. The zero-order chi connectivity index (χ0) is 29.6. The topological polar surface area (TPSA) is 110 Å². The van der Waals surface area contributed by atoms with E-state index in [1.165, 1.54) is 36.4 Å². The number of carboxylic acid groups (broad SMARTS) is 1. The summed E-state index contributed by atoms with van der Waals surface area (Å²) >= 11 is 0. The van der Waals surface area contributed by atoms with Crippen molar-refractivity contribution < 1.29 is 42.2 Å². The predicted molar refractivity (Wildman–Crippen MR) is 144 cm³/mol. The molecule has 0 bridgehead atoms. The first-order valence-electron chi connectivity index (χ1n) is 12.9. The maximum atomic E-state index is 13.7. The van der Waals surface area contributed by atoms with Crippen LogP contribution in [0.4, 0.5) is 13.2 Å². The Bertz CT molecular complexity index is 1510. The Morgan fingerprint density at radius 3 is 2.17 bits per heavy atom. The van der Waals surface area contributed by atoms with Crippen molar-refractivity contribution in [1.29, 1.82) is 0 Å². The molecule has 0 spiro atoms. The van der Waals surface area contributed by atoms with Crippen molar-refractivity contribution in [2.75, 3.05) is 6.54 Å². The molecule has 3 aromatic carbocycles. The highest BCUT2D eigenvalue weighted by molar-refractivity contribution is 6.32.